The Bertz CT molecular complexity index is 1740. The van der Waals surface area contributed by atoms with E-state index >= 15 is 4.39 Å². The number of benzene rings is 4. The first kappa shape index (κ1) is 34.4. The van der Waals surface area contributed by atoms with Crippen molar-refractivity contribution < 1.29 is 22.4 Å². The van der Waals surface area contributed by atoms with E-state index in [9.17, 15) is 18.0 Å². The van der Waals surface area contributed by atoms with Crippen LogP contribution in [0, 0.1) is 26.6 Å². The van der Waals surface area contributed by atoms with Crippen molar-refractivity contribution in [3.63, 3.8) is 0 Å². The van der Waals surface area contributed by atoms with Gasteiger partial charge in [0, 0.05) is 25.1 Å². The summed E-state index contributed by atoms with van der Waals surface area (Å²) in [6, 6.07) is 26.2. The van der Waals surface area contributed by atoms with Gasteiger partial charge < -0.3 is 10.2 Å². The summed E-state index contributed by atoms with van der Waals surface area (Å²) in [7, 11) is -4.23. The molecule has 0 aliphatic carbocycles. The lowest BCUT2D eigenvalue weighted by Crippen LogP contribution is -2.53. The van der Waals surface area contributed by atoms with Crippen molar-refractivity contribution in [3.8, 4) is 0 Å². The van der Waals surface area contributed by atoms with Crippen LogP contribution in [0.4, 0.5) is 10.1 Å². The normalized spacial score (nSPS) is 11.9. The molecule has 0 fully saturated rings. The Hall–Kier alpha value is -4.50. The lowest BCUT2D eigenvalue weighted by molar-refractivity contribution is -0.140. The minimum atomic E-state index is -4.23. The molecule has 0 saturated heterocycles. The van der Waals surface area contributed by atoms with Crippen LogP contribution in [-0.2, 0) is 32.6 Å². The van der Waals surface area contributed by atoms with E-state index in [1.54, 1.807) is 43.3 Å². The Morgan fingerprint density at radius 1 is 0.848 bits per heavy atom. The summed E-state index contributed by atoms with van der Waals surface area (Å²) in [4.78, 5) is 29.7. The van der Waals surface area contributed by atoms with E-state index in [4.69, 9.17) is 0 Å². The fraction of sp³-hybridized carbons (Fsp3) is 0.297. The number of aryl methyl sites for hydroxylation is 3. The standard InChI is InChI=1S/C37H42FN3O4S/c1-5-6-22-39-37(43)35(24-30-12-8-7-9-13-30)40(25-31-14-10-11-15-33(31)38)36(42)26-41(34-23-28(3)16-19-29(34)4)46(44,45)32-20-17-27(2)18-21-32/h7-21,23,35H,5-6,22,24-26H2,1-4H3,(H,39,43)/t35-/m0/s1. The Morgan fingerprint density at radius 2 is 1.50 bits per heavy atom. The third kappa shape index (κ3) is 8.60. The number of hydrogen-bond donors (Lipinski definition) is 1. The maximum atomic E-state index is 15.1. The molecular weight excluding hydrogens is 601 g/mol. The smallest absolute Gasteiger partial charge is 0.264 e. The van der Waals surface area contributed by atoms with Crippen molar-refractivity contribution >= 4 is 27.5 Å². The van der Waals surface area contributed by atoms with Gasteiger partial charge in [-0.25, -0.2) is 12.8 Å². The minimum absolute atomic E-state index is 0.0330. The second-order valence-electron chi connectivity index (χ2n) is 11.6. The molecule has 242 valence electrons. The van der Waals surface area contributed by atoms with Crippen molar-refractivity contribution in [2.45, 2.75) is 64.4 Å². The molecule has 0 bridgehead atoms. The molecule has 1 N–H and O–H groups in total. The summed E-state index contributed by atoms with van der Waals surface area (Å²) in [6.45, 7) is 7.10. The third-order valence-corrected chi connectivity index (χ3v) is 9.69. The fourth-order valence-electron chi connectivity index (χ4n) is 5.21. The van der Waals surface area contributed by atoms with Gasteiger partial charge in [0.15, 0.2) is 0 Å². The van der Waals surface area contributed by atoms with Gasteiger partial charge in [-0.2, -0.15) is 0 Å². The molecule has 46 heavy (non-hydrogen) atoms. The summed E-state index contributed by atoms with van der Waals surface area (Å²) < 4.78 is 44.7. The van der Waals surface area contributed by atoms with Crippen LogP contribution in [0.25, 0.3) is 0 Å². The molecule has 0 saturated carbocycles. The molecule has 4 aromatic rings. The van der Waals surface area contributed by atoms with Crippen LogP contribution in [0.1, 0.15) is 47.6 Å². The van der Waals surface area contributed by atoms with Gasteiger partial charge in [-0.3, -0.25) is 13.9 Å². The molecule has 0 spiro atoms. The summed E-state index contributed by atoms with van der Waals surface area (Å²) >= 11 is 0. The third-order valence-electron chi connectivity index (χ3n) is 7.92. The Kier molecular flexibility index (Phi) is 11.7. The summed E-state index contributed by atoms with van der Waals surface area (Å²) in [6.07, 6.45) is 1.77. The quantitative estimate of drug-likeness (QED) is 0.159. The maximum Gasteiger partial charge on any atom is 0.264 e. The average molecular weight is 644 g/mol. The minimum Gasteiger partial charge on any atom is -0.354 e. The first-order valence-electron chi connectivity index (χ1n) is 15.5. The summed E-state index contributed by atoms with van der Waals surface area (Å²) in [5.74, 6) is -1.54. The van der Waals surface area contributed by atoms with Gasteiger partial charge in [-0.05, 0) is 68.1 Å². The topological polar surface area (TPSA) is 86.8 Å². The number of sulfonamides is 1. The highest BCUT2D eigenvalue weighted by molar-refractivity contribution is 7.92. The number of halogens is 1. The molecule has 0 aromatic heterocycles. The van der Waals surface area contributed by atoms with Crippen molar-refractivity contribution in [2.24, 2.45) is 0 Å². The molecule has 4 rings (SSSR count). The van der Waals surface area contributed by atoms with Gasteiger partial charge in [-0.15, -0.1) is 0 Å². The lowest BCUT2D eigenvalue weighted by atomic mass is 10.0. The van der Waals surface area contributed by atoms with Gasteiger partial charge in [0.2, 0.25) is 11.8 Å². The van der Waals surface area contributed by atoms with Gasteiger partial charge in [0.05, 0.1) is 10.6 Å². The number of carbonyl (C=O) groups is 2. The fourth-order valence-corrected chi connectivity index (χ4v) is 6.68. The van der Waals surface area contributed by atoms with E-state index in [1.165, 1.54) is 23.1 Å². The van der Waals surface area contributed by atoms with Crippen molar-refractivity contribution in [3.05, 3.63) is 131 Å². The lowest BCUT2D eigenvalue weighted by Gasteiger charge is -2.34. The average Bonchev–Trinajstić information content (AvgIpc) is 3.04. The van der Waals surface area contributed by atoms with Crippen LogP contribution in [0.3, 0.4) is 0 Å². The number of nitrogens with zero attached hydrogens (tertiary/aromatic N) is 2. The molecular formula is C37H42FN3O4S. The monoisotopic (exact) mass is 643 g/mol. The van der Waals surface area contributed by atoms with E-state index in [1.807, 2.05) is 63.2 Å². The Balaban J connectivity index is 1.83. The molecule has 0 aliphatic rings. The Morgan fingerprint density at radius 3 is 2.17 bits per heavy atom. The highest BCUT2D eigenvalue weighted by Crippen LogP contribution is 2.29. The second kappa shape index (κ2) is 15.7. The zero-order valence-electron chi connectivity index (χ0n) is 26.9. The highest BCUT2D eigenvalue weighted by Gasteiger charge is 2.35. The molecule has 4 aromatic carbocycles. The van der Waals surface area contributed by atoms with Gasteiger partial charge in [0.1, 0.15) is 18.4 Å². The summed E-state index contributed by atoms with van der Waals surface area (Å²) in [5.41, 5.74) is 3.75. The number of amides is 2. The number of rotatable bonds is 14. The van der Waals surface area contributed by atoms with Crippen LogP contribution >= 0.6 is 0 Å². The van der Waals surface area contributed by atoms with E-state index in [0.29, 0.717) is 17.8 Å². The molecule has 1 atom stereocenters. The van der Waals surface area contributed by atoms with Crippen LogP contribution < -0.4 is 9.62 Å². The second-order valence-corrected chi connectivity index (χ2v) is 13.4. The maximum absolute atomic E-state index is 15.1. The molecule has 7 nitrogen and oxygen atoms in total. The first-order valence-corrected chi connectivity index (χ1v) is 17.0. The molecule has 2 amide bonds. The zero-order chi connectivity index (χ0) is 33.3. The van der Waals surface area contributed by atoms with Crippen LogP contribution in [0.5, 0.6) is 0 Å². The predicted molar refractivity (Wildman–Crippen MR) is 180 cm³/mol. The molecule has 0 heterocycles. The van der Waals surface area contributed by atoms with Gasteiger partial charge in [0.25, 0.3) is 10.0 Å². The van der Waals surface area contributed by atoms with Gasteiger partial charge >= 0.3 is 0 Å². The Labute approximate surface area is 272 Å². The molecule has 0 radical (unpaired) electrons. The number of carbonyl (C=O) groups excluding carboxylic acids is 2. The van der Waals surface area contributed by atoms with E-state index in [0.717, 1.165) is 33.8 Å². The van der Waals surface area contributed by atoms with E-state index in [2.05, 4.69) is 5.32 Å². The van der Waals surface area contributed by atoms with E-state index in [-0.39, 0.29) is 29.3 Å². The van der Waals surface area contributed by atoms with Crippen LogP contribution in [0.2, 0.25) is 0 Å². The number of nitrogens with one attached hydrogen (secondary N) is 1. The van der Waals surface area contributed by atoms with Crippen molar-refractivity contribution in [2.75, 3.05) is 17.4 Å². The first-order chi connectivity index (χ1) is 22.0. The van der Waals surface area contributed by atoms with Gasteiger partial charge in [-0.1, -0.05) is 91.7 Å². The molecule has 9 heteroatoms. The number of hydrogen-bond acceptors (Lipinski definition) is 4. The molecule has 0 aliphatic heterocycles. The SMILES string of the molecule is CCCCNC(=O)[C@H](Cc1ccccc1)N(Cc1ccccc1F)C(=O)CN(c1cc(C)ccc1C)S(=O)(=O)c1ccc(C)cc1. The predicted octanol–water partition coefficient (Wildman–Crippen LogP) is 6.50. The molecule has 0 unspecified atom stereocenters. The van der Waals surface area contributed by atoms with Crippen LogP contribution in [-0.4, -0.2) is 44.3 Å². The summed E-state index contributed by atoms with van der Waals surface area (Å²) in [5, 5.41) is 2.94. The zero-order valence-corrected chi connectivity index (χ0v) is 27.7. The number of anilines is 1. The van der Waals surface area contributed by atoms with Crippen LogP contribution in [0.15, 0.2) is 102 Å². The largest absolute Gasteiger partial charge is 0.354 e. The highest BCUT2D eigenvalue weighted by atomic mass is 32.2. The number of unbranched alkanes of at least 4 members (excludes halogenated alkanes) is 1. The van der Waals surface area contributed by atoms with E-state index < -0.39 is 34.3 Å². The van der Waals surface area contributed by atoms with Crippen molar-refractivity contribution in [1.82, 2.24) is 10.2 Å². The van der Waals surface area contributed by atoms with Crippen molar-refractivity contribution in [1.29, 1.82) is 0 Å².